The Labute approximate surface area is 219 Å². The molecule has 1 aromatic heterocycles. The van der Waals surface area contributed by atoms with Crippen LogP contribution >= 0.6 is 0 Å². The largest absolute Gasteiger partial charge is 0.497 e. The van der Waals surface area contributed by atoms with Crippen LogP contribution < -0.4 is 10.1 Å². The fraction of sp³-hybridized carbons (Fsp3) is 0.357. The summed E-state index contributed by atoms with van der Waals surface area (Å²) >= 11 is 0. The van der Waals surface area contributed by atoms with Crippen LogP contribution in [0.15, 0.2) is 46.9 Å². The smallest absolute Gasteiger partial charge is 0.254 e. The molecule has 6 rings (SSSR count). The van der Waals surface area contributed by atoms with Crippen LogP contribution in [-0.4, -0.2) is 85.2 Å². The molecular weight excluding hydrogens is 488 g/mol. The zero-order valence-corrected chi connectivity index (χ0v) is 21.3. The number of carbonyl (C=O) groups is 4. The lowest BCUT2D eigenvalue weighted by atomic mass is 9.82. The number of ether oxygens (including phenoxy) is 1. The third-order valence-corrected chi connectivity index (χ3v) is 7.84. The summed E-state index contributed by atoms with van der Waals surface area (Å²) in [5, 5.41) is 3.10. The molecule has 4 amide bonds. The Hall–Kier alpha value is -4.18. The van der Waals surface area contributed by atoms with Crippen LogP contribution in [0.5, 0.6) is 5.75 Å². The number of carbonyl (C=O) groups excluding carboxylic acids is 4. The molecule has 3 aliphatic rings. The SMILES string of the molecule is COc1ccc2c(c1)C(=O)N(C[C@@]1(c3cc4ccc(C(=O)N5CCN(C)CC5)cc4o3)CC(=O)NC1=O)C2. The second kappa shape index (κ2) is 8.98. The van der Waals surface area contributed by atoms with Gasteiger partial charge in [-0.15, -0.1) is 0 Å². The van der Waals surface area contributed by atoms with Crippen LogP contribution in [0.3, 0.4) is 0 Å². The molecule has 3 aromatic rings. The number of nitrogens with one attached hydrogen (secondary N) is 1. The average Bonchev–Trinajstić information content (AvgIpc) is 3.57. The first-order chi connectivity index (χ1) is 18.3. The number of fused-ring (bicyclic) bond motifs is 2. The number of hydrogen-bond acceptors (Lipinski definition) is 7. The number of furan rings is 1. The van der Waals surface area contributed by atoms with Gasteiger partial charge in [0.05, 0.1) is 13.5 Å². The third kappa shape index (κ3) is 3.92. The summed E-state index contributed by atoms with van der Waals surface area (Å²) in [4.78, 5) is 57.6. The third-order valence-electron chi connectivity index (χ3n) is 7.84. The van der Waals surface area contributed by atoms with Crippen molar-refractivity contribution in [2.24, 2.45) is 0 Å². The highest BCUT2D eigenvalue weighted by molar-refractivity contribution is 6.10. The van der Waals surface area contributed by atoms with E-state index in [1.165, 1.54) is 7.11 Å². The first-order valence-electron chi connectivity index (χ1n) is 12.6. The number of imide groups is 1. The number of piperazine rings is 1. The minimum Gasteiger partial charge on any atom is -0.497 e. The second-order valence-corrected chi connectivity index (χ2v) is 10.3. The molecule has 10 heteroatoms. The maximum atomic E-state index is 13.3. The lowest BCUT2D eigenvalue weighted by molar-refractivity contribution is -0.127. The Morgan fingerprint density at radius 3 is 2.55 bits per heavy atom. The Morgan fingerprint density at radius 1 is 1.05 bits per heavy atom. The van der Waals surface area contributed by atoms with Crippen molar-refractivity contribution in [2.45, 2.75) is 18.4 Å². The Balaban J connectivity index is 1.32. The molecule has 0 radical (unpaired) electrons. The van der Waals surface area contributed by atoms with Crippen molar-refractivity contribution in [3.8, 4) is 5.75 Å². The van der Waals surface area contributed by atoms with Crippen LogP contribution in [-0.2, 0) is 21.5 Å². The fourth-order valence-corrected chi connectivity index (χ4v) is 5.56. The number of benzene rings is 2. The van der Waals surface area contributed by atoms with Crippen LogP contribution in [0.25, 0.3) is 11.0 Å². The van der Waals surface area contributed by atoms with Gasteiger partial charge in [0, 0.05) is 55.8 Å². The quantitative estimate of drug-likeness (QED) is 0.515. The molecule has 3 aliphatic heterocycles. The Bertz CT molecular complexity index is 1490. The van der Waals surface area contributed by atoms with Gasteiger partial charge in [-0.3, -0.25) is 24.5 Å². The standard InChI is InChI=1S/C28H28N4O6/c1-30-7-9-31(10-8-30)25(34)18-4-3-17-12-23(38-22(17)11-18)28(14-24(33)29-27(28)36)16-32-15-19-5-6-20(37-2)13-21(19)26(32)35/h3-6,11-13H,7-10,14-16H2,1-2H3,(H,29,33,36)/t28-/m1/s1. The van der Waals surface area contributed by atoms with E-state index in [-0.39, 0.29) is 24.8 Å². The maximum absolute atomic E-state index is 13.3. The summed E-state index contributed by atoms with van der Waals surface area (Å²) in [5.74, 6) is -0.370. The highest BCUT2D eigenvalue weighted by Crippen LogP contribution is 2.39. The molecule has 4 heterocycles. The number of nitrogens with zero attached hydrogens (tertiary/aromatic N) is 3. The predicted molar refractivity (Wildman–Crippen MR) is 137 cm³/mol. The molecule has 38 heavy (non-hydrogen) atoms. The zero-order valence-electron chi connectivity index (χ0n) is 21.3. The minimum atomic E-state index is -1.38. The fourth-order valence-electron chi connectivity index (χ4n) is 5.56. The number of amides is 4. The molecule has 2 fully saturated rings. The summed E-state index contributed by atoms with van der Waals surface area (Å²) in [6, 6.07) is 12.3. The molecular formula is C28H28N4O6. The molecule has 0 unspecified atom stereocenters. The summed E-state index contributed by atoms with van der Waals surface area (Å²) in [7, 11) is 3.57. The van der Waals surface area contributed by atoms with E-state index in [0.29, 0.717) is 53.2 Å². The lowest BCUT2D eigenvalue weighted by Gasteiger charge is -2.32. The number of likely N-dealkylation sites (N-methyl/N-ethyl adjacent to an activating group) is 1. The molecule has 0 aliphatic carbocycles. The topological polar surface area (TPSA) is 112 Å². The normalized spacial score (nSPS) is 21.8. The first-order valence-corrected chi connectivity index (χ1v) is 12.6. The van der Waals surface area contributed by atoms with Gasteiger partial charge in [-0.05, 0) is 42.9 Å². The molecule has 1 N–H and O–H groups in total. The molecule has 0 bridgehead atoms. The van der Waals surface area contributed by atoms with E-state index in [0.717, 1.165) is 18.7 Å². The van der Waals surface area contributed by atoms with Gasteiger partial charge in [-0.2, -0.15) is 0 Å². The van der Waals surface area contributed by atoms with Crippen molar-refractivity contribution in [3.63, 3.8) is 0 Å². The van der Waals surface area contributed by atoms with Crippen molar-refractivity contribution in [1.29, 1.82) is 0 Å². The van der Waals surface area contributed by atoms with Crippen molar-refractivity contribution < 1.29 is 28.3 Å². The van der Waals surface area contributed by atoms with Gasteiger partial charge in [-0.25, -0.2) is 0 Å². The van der Waals surface area contributed by atoms with Gasteiger partial charge < -0.3 is 23.9 Å². The molecule has 196 valence electrons. The molecule has 0 saturated carbocycles. The van der Waals surface area contributed by atoms with Crippen molar-refractivity contribution >= 4 is 34.6 Å². The molecule has 1 atom stereocenters. The summed E-state index contributed by atoms with van der Waals surface area (Å²) in [5.41, 5.74) is 0.920. The van der Waals surface area contributed by atoms with E-state index in [2.05, 4.69) is 10.2 Å². The monoisotopic (exact) mass is 516 g/mol. The van der Waals surface area contributed by atoms with Crippen LogP contribution in [0.2, 0.25) is 0 Å². The number of hydrogen-bond donors (Lipinski definition) is 1. The molecule has 2 aromatic carbocycles. The summed E-state index contributed by atoms with van der Waals surface area (Å²) in [6.07, 6.45) is -0.137. The van der Waals surface area contributed by atoms with Gasteiger partial charge in [0.1, 0.15) is 22.5 Å². The minimum absolute atomic E-state index is 0.0205. The molecule has 2 saturated heterocycles. The van der Waals surface area contributed by atoms with Gasteiger partial charge in [0.25, 0.3) is 11.8 Å². The van der Waals surface area contributed by atoms with Gasteiger partial charge >= 0.3 is 0 Å². The van der Waals surface area contributed by atoms with Crippen molar-refractivity contribution in [2.75, 3.05) is 46.9 Å². The van der Waals surface area contributed by atoms with E-state index >= 15 is 0 Å². The van der Waals surface area contributed by atoms with E-state index in [4.69, 9.17) is 9.15 Å². The van der Waals surface area contributed by atoms with Gasteiger partial charge in [0.2, 0.25) is 11.8 Å². The highest BCUT2D eigenvalue weighted by Gasteiger charge is 2.53. The Kier molecular flexibility index (Phi) is 5.71. The first kappa shape index (κ1) is 24.2. The second-order valence-electron chi connectivity index (χ2n) is 10.3. The number of methoxy groups -OCH3 is 1. The van der Waals surface area contributed by atoms with Gasteiger partial charge in [-0.1, -0.05) is 12.1 Å². The maximum Gasteiger partial charge on any atom is 0.254 e. The van der Waals surface area contributed by atoms with Crippen LogP contribution in [0, 0.1) is 0 Å². The molecule has 10 nitrogen and oxygen atoms in total. The highest BCUT2D eigenvalue weighted by atomic mass is 16.5. The van der Waals surface area contributed by atoms with E-state index < -0.39 is 17.2 Å². The zero-order chi connectivity index (χ0) is 26.6. The van der Waals surface area contributed by atoms with Crippen LogP contribution in [0.4, 0.5) is 0 Å². The van der Waals surface area contributed by atoms with Crippen LogP contribution in [0.1, 0.15) is 38.5 Å². The summed E-state index contributed by atoms with van der Waals surface area (Å²) < 4.78 is 11.4. The van der Waals surface area contributed by atoms with E-state index in [9.17, 15) is 19.2 Å². The van der Waals surface area contributed by atoms with Crippen molar-refractivity contribution in [3.05, 3.63) is 64.9 Å². The average molecular weight is 517 g/mol. The summed E-state index contributed by atoms with van der Waals surface area (Å²) in [6.45, 7) is 3.23. The van der Waals surface area contributed by atoms with E-state index in [1.54, 1.807) is 41.3 Å². The van der Waals surface area contributed by atoms with E-state index in [1.807, 2.05) is 18.0 Å². The lowest BCUT2D eigenvalue weighted by Crippen LogP contribution is -2.47. The predicted octanol–water partition coefficient (Wildman–Crippen LogP) is 1.77. The van der Waals surface area contributed by atoms with Crippen molar-refractivity contribution in [1.82, 2.24) is 20.0 Å². The van der Waals surface area contributed by atoms with Gasteiger partial charge in [0.15, 0.2) is 0 Å². The number of rotatable bonds is 5. The Morgan fingerprint density at radius 2 is 1.84 bits per heavy atom. The molecule has 0 spiro atoms.